The van der Waals surface area contributed by atoms with Crippen LogP contribution in [0.15, 0.2) is 17.5 Å². The minimum absolute atomic E-state index is 0.559. The van der Waals surface area contributed by atoms with Crippen LogP contribution in [0, 0.1) is 0 Å². The summed E-state index contributed by atoms with van der Waals surface area (Å²) in [5, 5.41) is 13.1. The lowest BCUT2D eigenvalue weighted by molar-refractivity contribution is -0.139. The molecule has 0 bridgehead atoms. The highest BCUT2D eigenvalue weighted by molar-refractivity contribution is 7.10. The Hall–Kier alpha value is -1.56. The Morgan fingerprint density at radius 2 is 2.12 bits per heavy atom. The normalized spacial score (nSPS) is 12.9. The molecule has 0 saturated heterocycles. The summed E-state index contributed by atoms with van der Waals surface area (Å²) >= 11 is 1.27. The second-order valence-corrected chi connectivity index (χ2v) is 5.41. The largest absolute Gasteiger partial charge is 0.479 e. The zero-order chi connectivity index (χ0) is 13.1. The summed E-state index contributed by atoms with van der Waals surface area (Å²) in [4.78, 5) is 23.1. The van der Waals surface area contributed by atoms with E-state index in [-0.39, 0.29) is 0 Å². The van der Waals surface area contributed by atoms with Gasteiger partial charge in [-0.15, -0.1) is 11.3 Å². The smallest absolute Gasteiger partial charge is 0.408 e. The van der Waals surface area contributed by atoms with Crippen LogP contribution in [0.3, 0.4) is 0 Å². The van der Waals surface area contributed by atoms with Crippen molar-refractivity contribution in [2.45, 2.75) is 32.4 Å². The first-order valence-corrected chi connectivity index (χ1v) is 5.93. The van der Waals surface area contributed by atoms with Crippen LogP contribution in [-0.2, 0) is 9.53 Å². The topological polar surface area (TPSA) is 75.6 Å². The molecule has 0 unspecified atom stereocenters. The highest BCUT2D eigenvalue weighted by Gasteiger charge is 2.25. The summed E-state index contributed by atoms with van der Waals surface area (Å²) in [6.45, 7) is 5.15. The highest BCUT2D eigenvalue weighted by atomic mass is 32.1. The fourth-order valence-corrected chi connectivity index (χ4v) is 1.90. The number of carboxylic acid groups (broad SMARTS) is 1. The van der Waals surface area contributed by atoms with Gasteiger partial charge in [-0.2, -0.15) is 0 Å². The van der Waals surface area contributed by atoms with E-state index in [1.54, 1.807) is 38.3 Å². The Morgan fingerprint density at radius 3 is 2.53 bits per heavy atom. The van der Waals surface area contributed by atoms with Gasteiger partial charge in [0, 0.05) is 4.88 Å². The summed E-state index contributed by atoms with van der Waals surface area (Å²) < 4.78 is 5.01. The van der Waals surface area contributed by atoms with Crippen molar-refractivity contribution in [3.63, 3.8) is 0 Å². The fraction of sp³-hybridized carbons (Fsp3) is 0.455. The average molecular weight is 257 g/mol. The van der Waals surface area contributed by atoms with E-state index in [4.69, 9.17) is 9.84 Å². The van der Waals surface area contributed by atoms with Crippen LogP contribution in [0.2, 0.25) is 0 Å². The van der Waals surface area contributed by atoms with Crippen molar-refractivity contribution in [2.24, 2.45) is 0 Å². The molecule has 5 nitrogen and oxygen atoms in total. The lowest BCUT2D eigenvalue weighted by Gasteiger charge is -2.21. The lowest BCUT2D eigenvalue weighted by atomic mass is 10.2. The molecule has 94 valence electrons. The Kier molecular flexibility index (Phi) is 4.11. The lowest BCUT2D eigenvalue weighted by Crippen LogP contribution is -2.37. The number of nitrogens with one attached hydrogen (secondary N) is 1. The van der Waals surface area contributed by atoms with Gasteiger partial charge in [-0.25, -0.2) is 9.59 Å². The van der Waals surface area contributed by atoms with Gasteiger partial charge in [0.1, 0.15) is 5.60 Å². The number of carbonyl (C=O) groups is 2. The van der Waals surface area contributed by atoms with Gasteiger partial charge in [-0.05, 0) is 32.2 Å². The van der Waals surface area contributed by atoms with Gasteiger partial charge in [-0.1, -0.05) is 6.07 Å². The molecule has 0 aliphatic carbocycles. The van der Waals surface area contributed by atoms with Gasteiger partial charge in [0.05, 0.1) is 0 Å². The molecule has 0 fully saturated rings. The van der Waals surface area contributed by atoms with Crippen molar-refractivity contribution in [1.29, 1.82) is 0 Å². The van der Waals surface area contributed by atoms with Gasteiger partial charge in [0.2, 0.25) is 0 Å². The molecule has 1 atom stereocenters. The summed E-state index contributed by atoms with van der Waals surface area (Å²) in [6.07, 6.45) is -0.738. The minimum atomic E-state index is -1.11. The molecule has 0 aliphatic heterocycles. The van der Waals surface area contributed by atoms with Crippen molar-refractivity contribution in [1.82, 2.24) is 5.32 Å². The second kappa shape index (κ2) is 5.18. The van der Waals surface area contributed by atoms with Crippen molar-refractivity contribution < 1.29 is 19.4 Å². The zero-order valence-corrected chi connectivity index (χ0v) is 10.7. The predicted octanol–water partition coefficient (Wildman–Crippen LogP) is 2.40. The van der Waals surface area contributed by atoms with Crippen molar-refractivity contribution >= 4 is 23.4 Å². The van der Waals surface area contributed by atoms with E-state index >= 15 is 0 Å². The molecule has 6 heteroatoms. The van der Waals surface area contributed by atoms with Crippen LogP contribution in [0.1, 0.15) is 31.7 Å². The van der Waals surface area contributed by atoms with Crippen molar-refractivity contribution in [2.75, 3.05) is 0 Å². The van der Waals surface area contributed by atoms with E-state index in [1.165, 1.54) is 11.3 Å². The maximum absolute atomic E-state index is 11.5. The molecular formula is C11H15NO4S. The first kappa shape index (κ1) is 13.5. The van der Waals surface area contributed by atoms with E-state index in [9.17, 15) is 9.59 Å². The van der Waals surface area contributed by atoms with Crippen LogP contribution in [0.25, 0.3) is 0 Å². The van der Waals surface area contributed by atoms with Gasteiger partial charge in [0.15, 0.2) is 6.04 Å². The van der Waals surface area contributed by atoms with Crippen LogP contribution in [0.5, 0.6) is 0 Å². The summed E-state index contributed by atoms with van der Waals surface area (Å²) in [6, 6.07) is 2.32. The standard InChI is InChI=1S/C11H15NO4S/c1-11(2,3)16-10(15)12-8(9(13)14)7-5-4-6-17-7/h4-6,8H,1-3H3,(H,12,15)(H,13,14)/t8-/m1/s1. The highest BCUT2D eigenvalue weighted by Crippen LogP contribution is 2.19. The van der Waals surface area contributed by atoms with Gasteiger partial charge in [0.25, 0.3) is 0 Å². The summed E-state index contributed by atoms with van der Waals surface area (Å²) in [7, 11) is 0. The number of hydrogen-bond donors (Lipinski definition) is 2. The Balaban J connectivity index is 2.69. The Labute approximate surface area is 103 Å². The van der Waals surface area contributed by atoms with E-state index in [1.807, 2.05) is 0 Å². The number of carbonyl (C=O) groups excluding carboxylic acids is 1. The third-order valence-corrected chi connectivity index (χ3v) is 2.67. The zero-order valence-electron chi connectivity index (χ0n) is 9.89. The fourth-order valence-electron chi connectivity index (χ4n) is 1.14. The Morgan fingerprint density at radius 1 is 1.47 bits per heavy atom. The predicted molar refractivity (Wildman–Crippen MR) is 64.1 cm³/mol. The molecule has 1 aromatic heterocycles. The van der Waals surface area contributed by atoms with Crippen LogP contribution in [0.4, 0.5) is 4.79 Å². The van der Waals surface area contributed by atoms with E-state index in [0.29, 0.717) is 4.88 Å². The SMILES string of the molecule is CC(C)(C)OC(=O)N[C@@H](C(=O)O)c1cccs1. The quantitative estimate of drug-likeness (QED) is 0.871. The van der Waals surface area contributed by atoms with Gasteiger partial charge >= 0.3 is 12.1 Å². The minimum Gasteiger partial charge on any atom is -0.479 e. The van der Waals surface area contributed by atoms with Crippen LogP contribution >= 0.6 is 11.3 Å². The molecule has 1 heterocycles. The number of alkyl carbamates (subject to hydrolysis) is 1. The molecule has 0 radical (unpaired) electrons. The molecule has 0 aliphatic rings. The summed E-state index contributed by atoms with van der Waals surface area (Å²) in [5.74, 6) is -1.11. The number of aliphatic carboxylic acids is 1. The molecule has 17 heavy (non-hydrogen) atoms. The maximum Gasteiger partial charge on any atom is 0.408 e. The molecular weight excluding hydrogens is 242 g/mol. The van der Waals surface area contributed by atoms with Crippen molar-refractivity contribution in [3.8, 4) is 0 Å². The van der Waals surface area contributed by atoms with Gasteiger partial charge < -0.3 is 15.2 Å². The van der Waals surface area contributed by atoms with Crippen molar-refractivity contribution in [3.05, 3.63) is 22.4 Å². The number of amides is 1. The number of thiophene rings is 1. The molecule has 0 aromatic carbocycles. The van der Waals surface area contributed by atoms with E-state index in [2.05, 4.69) is 5.32 Å². The third-order valence-electron chi connectivity index (χ3n) is 1.74. The van der Waals surface area contributed by atoms with Crippen LogP contribution < -0.4 is 5.32 Å². The van der Waals surface area contributed by atoms with E-state index in [0.717, 1.165) is 0 Å². The second-order valence-electron chi connectivity index (χ2n) is 4.43. The molecule has 0 spiro atoms. The third kappa shape index (κ3) is 4.44. The first-order valence-electron chi connectivity index (χ1n) is 5.05. The molecule has 0 saturated carbocycles. The molecule has 2 N–H and O–H groups in total. The van der Waals surface area contributed by atoms with Gasteiger partial charge in [-0.3, -0.25) is 0 Å². The van der Waals surface area contributed by atoms with Crippen LogP contribution in [-0.4, -0.2) is 22.8 Å². The monoisotopic (exact) mass is 257 g/mol. The molecule has 1 aromatic rings. The first-order chi connectivity index (χ1) is 7.79. The number of carboxylic acids is 1. The average Bonchev–Trinajstić information content (AvgIpc) is 2.63. The number of rotatable bonds is 3. The number of hydrogen-bond acceptors (Lipinski definition) is 4. The Bertz CT molecular complexity index is 394. The molecule has 1 rings (SSSR count). The molecule has 1 amide bonds. The number of ether oxygens (including phenoxy) is 1. The summed E-state index contributed by atoms with van der Waals surface area (Å²) in [5.41, 5.74) is -0.650. The maximum atomic E-state index is 11.5. The van der Waals surface area contributed by atoms with E-state index < -0.39 is 23.7 Å².